The van der Waals surface area contributed by atoms with Gasteiger partial charge in [0.2, 0.25) is 11.8 Å². The molecule has 0 aliphatic heterocycles. The molecule has 3 atom stereocenters. The summed E-state index contributed by atoms with van der Waals surface area (Å²) in [6, 6.07) is -3.79. The van der Waals surface area contributed by atoms with Crippen LogP contribution in [0.2, 0.25) is 0 Å². The molecule has 0 saturated heterocycles. The Labute approximate surface area is 244 Å². The van der Waals surface area contributed by atoms with Gasteiger partial charge < -0.3 is 34.9 Å². The van der Waals surface area contributed by atoms with Crippen molar-refractivity contribution in [1.29, 1.82) is 0 Å². The molecule has 3 amide bonds. The molecule has 0 aliphatic carbocycles. The van der Waals surface area contributed by atoms with E-state index in [-0.39, 0.29) is 18.9 Å². The summed E-state index contributed by atoms with van der Waals surface area (Å²) in [7, 11) is 0.949. The summed E-state index contributed by atoms with van der Waals surface area (Å²) in [5, 5.41) is 6.99. The number of carbonyl (C=O) groups is 4. The second kappa shape index (κ2) is 21.3. The number of allylic oxidation sites excluding steroid dienone is 2. The van der Waals surface area contributed by atoms with Gasteiger partial charge in [0.25, 0.3) is 0 Å². The highest BCUT2D eigenvalue weighted by atomic mass is 19.3. The lowest BCUT2D eigenvalue weighted by Gasteiger charge is -2.25. The van der Waals surface area contributed by atoms with Crippen LogP contribution < -0.4 is 16.0 Å². The first-order valence-electron chi connectivity index (χ1n) is 12.8. The van der Waals surface area contributed by atoms with Gasteiger partial charge in [-0.05, 0) is 45.6 Å². The zero-order chi connectivity index (χ0) is 33.0. The van der Waals surface area contributed by atoms with Crippen LogP contribution in [0.25, 0.3) is 0 Å². The van der Waals surface area contributed by atoms with Gasteiger partial charge in [0.05, 0.1) is 6.61 Å². The zero-order valence-electron chi connectivity index (χ0n) is 25.0. The molecule has 15 heteroatoms. The van der Waals surface area contributed by atoms with Gasteiger partial charge in [0.15, 0.2) is 0 Å². The lowest BCUT2D eigenvalue weighted by molar-refractivity contribution is -0.147. The molecule has 242 valence electrons. The van der Waals surface area contributed by atoms with E-state index in [9.17, 15) is 36.7 Å². The molecule has 0 saturated carbocycles. The summed E-state index contributed by atoms with van der Waals surface area (Å²) >= 11 is 0. The summed E-state index contributed by atoms with van der Waals surface area (Å²) in [5.74, 6) is -2.37. The van der Waals surface area contributed by atoms with Gasteiger partial charge in [-0.3, -0.25) is 9.59 Å². The van der Waals surface area contributed by atoms with E-state index in [1.54, 1.807) is 26.8 Å². The maximum atomic E-state index is 12.7. The Morgan fingerprint density at radius 2 is 1.45 bits per heavy atom. The fraction of sp³-hybridized carbons (Fsp3) is 0.630. The molecule has 0 rings (SSSR count). The van der Waals surface area contributed by atoms with Crippen LogP contribution in [0.4, 0.5) is 22.4 Å². The summed E-state index contributed by atoms with van der Waals surface area (Å²) in [5.41, 5.74) is -0.302. The molecule has 0 fully saturated rings. The van der Waals surface area contributed by atoms with Gasteiger partial charge in [0.1, 0.15) is 30.3 Å². The third-order valence-corrected chi connectivity index (χ3v) is 4.61. The van der Waals surface area contributed by atoms with Crippen molar-refractivity contribution < 1.29 is 55.7 Å². The summed E-state index contributed by atoms with van der Waals surface area (Å²) in [4.78, 5) is 50.0. The number of carbonyl (C=O) groups excluding carboxylic acids is 4. The van der Waals surface area contributed by atoms with E-state index in [1.807, 2.05) is 13.8 Å². The molecule has 0 spiro atoms. The Bertz CT molecular complexity index is 908. The fourth-order valence-corrected chi connectivity index (χ4v) is 2.74. The molecular formula is C27H43F4N3O8. The minimum atomic E-state index is -3.19. The highest BCUT2D eigenvalue weighted by Gasteiger charge is 2.30. The lowest BCUT2D eigenvalue weighted by Crippen LogP contribution is -2.56. The predicted octanol–water partition coefficient (Wildman–Crippen LogP) is 3.85. The number of alkyl carbamates (subject to hydrolysis) is 1. The van der Waals surface area contributed by atoms with Crippen LogP contribution in [0.1, 0.15) is 48.0 Å². The quantitative estimate of drug-likeness (QED) is 0.135. The standard InChI is InChI=1S/C25H39F2N3O7.C2H4F2O/c1-9-11-17(10-2)13-35-22(33)18(12-15(3)4)29-20(31)16(5)28-21(32)19(14-36-23(26)27)30-24(34)37-25(6,7)8;1-5-2(3)4/h9-11,15-16,18-19,23H,1-2,12-14H2,3-8H3,(H,28,32)(H,29,31)(H,30,34);2H,1H3/b17-11+;/t16?,18-,19-;/m0./s1. The van der Waals surface area contributed by atoms with E-state index in [2.05, 4.69) is 38.6 Å². The van der Waals surface area contributed by atoms with E-state index in [0.29, 0.717) is 5.57 Å². The highest BCUT2D eigenvalue weighted by Crippen LogP contribution is 2.10. The number of rotatable bonds is 16. The molecule has 0 bridgehead atoms. The minimum absolute atomic E-state index is 0.0132. The van der Waals surface area contributed by atoms with Crippen molar-refractivity contribution in [2.45, 2.75) is 84.9 Å². The van der Waals surface area contributed by atoms with E-state index in [1.165, 1.54) is 19.1 Å². The number of alkyl halides is 4. The zero-order valence-corrected chi connectivity index (χ0v) is 25.0. The second-order valence-corrected chi connectivity index (χ2v) is 10.00. The van der Waals surface area contributed by atoms with Crippen molar-refractivity contribution in [3.8, 4) is 0 Å². The predicted molar refractivity (Wildman–Crippen MR) is 147 cm³/mol. The van der Waals surface area contributed by atoms with Gasteiger partial charge in [0, 0.05) is 7.11 Å². The summed E-state index contributed by atoms with van der Waals surface area (Å²) < 4.78 is 64.1. The maximum absolute atomic E-state index is 12.7. The highest BCUT2D eigenvalue weighted by molar-refractivity contribution is 5.92. The third-order valence-electron chi connectivity index (χ3n) is 4.61. The number of esters is 1. The fourth-order valence-electron chi connectivity index (χ4n) is 2.74. The maximum Gasteiger partial charge on any atom is 0.408 e. The van der Waals surface area contributed by atoms with Crippen molar-refractivity contribution in [3.63, 3.8) is 0 Å². The van der Waals surface area contributed by atoms with Crippen LogP contribution in [0, 0.1) is 5.92 Å². The molecule has 0 aromatic carbocycles. The second-order valence-electron chi connectivity index (χ2n) is 10.00. The SMILES string of the molecule is C=C/C=C(\C=C)COC(=O)[C@H](CC(C)C)NC(=O)C(C)NC(=O)[C@H](COC(F)F)NC(=O)OC(C)(C)C.COC(F)F. The molecule has 0 aliphatic rings. The number of methoxy groups -OCH3 is 1. The minimum Gasteiger partial charge on any atom is -0.459 e. The van der Waals surface area contributed by atoms with Gasteiger partial charge >= 0.3 is 25.3 Å². The summed E-state index contributed by atoms with van der Waals surface area (Å²) in [6.07, 6.45) is 3.85. The molecule has 0 heterocycles. The number of nitrogens with one attached hydrogen (secondary N) is 3. The van der Waals surface area contributed by atoms with Crippen molar-refractivity contribution in [2.75, 3.05) is 20.3 Å². The molecule has 0 aromatic rings. The number of halogens is 4. The number of ether oxygens (including phenoxy) is 4. The molecule has 1 unspecified atom stereocenters. The van der Waals surface area contributed by atoms with Crippen LogP contribution in [-0.2, 0) is 33.3 Å². The number of hydrogen-bond donors (Lipinski definition) is 3. The smallest absolute Gasteiger partial charge is 0.408 e. The van der Waals surface area contributed by atoms with Crippen LogP contribution in [0.15, 0.2) is 37.0 Å². The molecule has 42 heavy (non-hydrogen) atoms. The van der Waals surface area contributed by atoms with E-state index < -0.39 is 67.4 Å². The number of amides is 3. The van der Waals surface area contributed by atoms with Crippen LogP contribution >= 0.6 is 0 Å². The van der Waals surface area contributed by atoms with Crippen LogP contribution in [-0.4, -0.2) is 81.2 Å². The summed E-state index contributed by atoms with van der Waals surface area (Å²) in [6.45, 7) is 10.2. The largest absolute Gasteiger partial charge is 0.459 e. The van der Waals surface area contributed by atoms with Gasteiger partial charge in [-0.1, -0.05) is 45.2 Å². The Morgan fingerprint density at radius 3 is 1.88 bits per heavy atom. The normalized spacial score (nSPS) is 13.7. The molecule has 3 N–H and O–H groups in total. The first kappa shape index (κ1) is 40.7. The molecule has 11 nitrogen and oxygen atoms in total. The van der Waals surface area contributed by atoms with Crippen molar-refractivity contribution >= 4 is 23.9 Å². The van der Waals surface area contributed by atoms with Gasteiger partial charge in [-0.2, -0.15) is 17.6 Å². The third kappa shape index (κ3) is 21.3. The van der Waals surface area contributed by atoms with Crippen molar-refractivity contribution in [2.24, 2.45) is 5.92 Å². The molecular weight excluding hydrogens is 570 g/mol. The number of hydrogen-bond acceptors (Lipinski definition) is 8. The van der Waals surface area contributed by atoms with Crippen molar-refractivity contribution in [1.82, 2.24) is 16.0 Å². The Hall–Kier alpha value is -3.46. The Kier molecular flexibility index (Phi) is 20.6. The van der Waals surface area contributed by atoms with Crippen molar-refractivity contribution in [3.05, 3.63) is 37.0 Å². The van der Waals surface area contributed by atoms with Gasteiger partial charge in [-0.25, -0.2) is 9.59 Å². The average molecular weight is 614 g/mol. The average Bonchev–Trinajstić information content (AvgIpc) is 2.86. The van der Waals surface area contributed by atoms with Gasteiger partial charge in [-0.15, -0.1) is 0 Å². The Morgan fingerprint density at radius 1 is 0.881 bits per heavy atom. The van der Waals surface area contributed by atoms with E-state index >= 15 is 0 Å². The Balaban J connectivity index is 0. The molecule has 0 radical (unpaired) electrons. The topological polar surface area (TPSA) is 141 Å². The molecule has 0 aromatic heterocycles. The monoisotopic (exact) mass is 613 g/mol. The van der Waals surface area contributed by atoms with E-state index in [4.69, 9.17) is 9.47 Å². The van der Waals surface area contributed by atoms with Crippen LogP contribution in [0.5, 0.6) is 0 Å². The lowest BCUT2D eigenvalue weighted by atomic mass is 10.0. The van der Waals surface area contributed by atoms with E-state index in [0.717, 1.165) is 7.11 Å². The first-order valence-corrected chi connectivity index (χ1v) is 12.8. The first-order chi connectivity index (χ1) is 19.4. The van der Waals surface area contributed by atoms with Crippen LogP contribution in [0.3, 0.4) is 0 Å².